The molecule has 1 aliphatic rings. The first-order valence-corrected chi connectivity index (χ1v) is 9.40. The van der Waals surface area contributed by atoms with E-state index in [0.29, 0.717) is 5.69 Å². The van der Waals surface area contributed by atoms with E-state index in [1.807, 2.05) is 38.1 Å². The molecular formula is C20H27N5O2. The minimum atomic E-state index is -0.176. The summed E-state index contributed by atoms with van der Waals surface area (Å²) in [4.78, 5) is 16.6. The molecule has 1 N–H and O–H groups in total. The van der Waals surface area contributed by atoms with Gasteiger partial charge in [0, 0.05) is 32.2 Å². The van der Waals surface area contributed by atoms with Gasteiger partial charge in [0.25, 0.3) is 5.91 Å². The number of methoxy groups -OCH3 is 1. The summed E-state index contributed by atoms with van der Waals surface area (Å²) in [5.41, 5.74) is 1.47. The van der Waals surface area contributed by atoms with E-state index in [0.717, 1.165) is 49.9 Å². The normalized spacial score (nSPS) is 15.4. The molecule has 1 atom stereocenters. The number of ether oxygens (including phenoxy) is 1. The van der Waals surface area contributed by atoms with Gasteiger partial charge in [-0.2, -0.15) is 0 Å². The molecule has 7 heteroatoms. The number of para-hydroxylation sites is 2. The van der Waals surface area contributed by atoms with Crippen molar-refractivity contribution in [3.05, 3.63) is 42.1 Å². The van der Waals surface area contributed by atoms with Crippen LogP contribution < -0.4 is 19.9 Å². The van der Waals surface area contributed by atoms with Gasteiger partial charge in [0.15, 0.2) is 11.5 Å². The fourth-order valence-corrected chi connectivity index (χ4v) is 3.08. The van der Waals surface area contributed by atoms with Crippen LogP contribution in [0.5, 0.6) is 5.75 Å². The van der Waals surface area contributed by atoms with Gasteiger partial charge in [-0.15, -0.1) is 10.2 Å². The van der Waals surface area contributed by atoms with Crippen LogP contribution in [0.3, 0.4) is 0 Å². The van der Waals surface area contributed by atoms with Crippen molar-refractivity contribution in [2.24, 2.45) is 0 Å². The Kier molecular flexibility index (Phi) is 6.11. The lowest BCUT2D eigenvalue weighted by molar-refractivity contribution is 0.0933. The molecule has 1 aromatic carbocycles. The first kappa shape index (κ1) is 18.9. The molecule has 1 aliphatic heterocycles. The van der Waals surface area contributed by atoms with Crippen LogP contribution in [0.4, 0.5) is 11.5 Å². The number of carbonyl (C=O) groups is 1. The van der Waals surface area contributed by atoms with E-state index in [-0.39, 0.29) is 11.9 Å². The van der Waals surface area contributed by atoms with Crippen molar-refractivity contribution >= 4 is 17.4 Å². The Morgan fingerprint density at radius 2 is 1.81 bits per heavy atom. The van der Waals surface area contributed by atoms with Crippen LogP contribution in [0.25, 0.3) is 0 Å². The summed E-state index contributed by atoms with van der Waals surface area (Å²) in [6.45, 7) is 7.43. The number of aromatic nitrogens is 2. The van der Waals surface area contributed by atoms with Gasteiger partial charge in [-0.05, 0) is 37.6 Å². The second-order valence-electron chi connectivity index (χ2n) is 6.71. The highest BCUT2D eigenvalue weighted by molar-refractivity contribution is 5.92. The summed E-state index contributed by atoms with van der Waals surface area (Å²) in [5.74, 6) is 1.52. The molecule has 1 amide bonds. The Hall–Kier alpha value is -2.83. The van der Waals surface area contributed by atoms with E-state index in [9.17, 15) is 4.79 Å². The summed E-state index contributed by atoms with van der Waals surface area (Å²) in [7, 11) is 1.70. The maximum absolute atomic E-state index is 12.1. The molecule has 0 spiro atoms. The lowest BCUT2D eigenvalue weighted by atomic mass is 10.2. The summed E-state index contributed by atoms with van der Waals surface area (Å²) >= 11 is 0. The first-order chi connectivity index (χ1) is 13.1. The van der Waals surface area contributed by atoms with Crippen molar-refractivity contribution in [3.8, 4) is 5.75 Å². The van der Waals surface area contributed by atoms with E-state index in [1.54, 1.807) is 13.2 Å². The molecule has 1 aromatic heterocycles. The highest BCUT2D eigenvalue weighted by Crippen LogP contribution is 2.28. The number of hydrogen-bond donors (Lipinski definition) is 1. The fourth-order valence-electron chi connectivity index (χ4n) is 3.08. The van der Waals surface area contributed by atoms with Crippen LogP contribution in [-0.2, 0) is 0 Å². The number of benzene rings is 1. The van der Waals surface area contributed by atoms with Gasteiger partial charge >= 0.3 is 0 Å². The van der Waals surface area contributed by atoms with Crippen molar-refractivity contribution in [2.45, 2.75) is 26.3 Å². The fraction of sp³-hybridized carbons (Fsp3) is 0.450. The topological polar surface area (TPSA) is 70.6 Å². The first-order valence-electron chi connectivity index (χ1n) is 9.40. The molecule has 0 aliphatic carbocycles. The minimum absolute atomic E-state index is 0.127. The summed E-state index contributed by atoms with van der Waals surface area (Å²) in [5, 5.41) is 11.3. The molecule has 1 fully saturated rings. The average Bonchev–Trinajstić information content (AvgIpc) is 2.73. The monoisotopic (exact) mass is 369 g/mol. The summed E-state index contributed by atoms with van der Waals surface area (Å²) < 4.78 is 5.47. The molecule has 2 heterocycles. The Morgan fingerprint density at radius 1 is 1.11 bits per heavy atom. The highest BCUT2D eigenvalue weighted by Gasteiger charge is 2.21. The molecular weight excluding hydrogens is 342 g/mol. The Bertz CT molecular complexity index is 757. The van der Waals surface area contributed by atoms with Crippen LogP contribution in [0, 0.1) is 0 Å². The van der Waals surface area contributed by atoms with Crippen LogP contribution in [0.1, 0.15) is 30.8 Å². The lowest BCUT2D eigenvalue weighted by Crippen LogP contribution is -2.47. The third-order valence-electron chi connectivity index (χ3n) is 4.90. The number of piperazine rings is 1. The van der Waals surface area contributed by atoms with Crippen molar-refractivity contribution in [1.29, 1.82) is 0 Å². The van der Waals surface area contributed by atoms with Crippen molar-refractivity contribution in [2.75, 3.05) is 43.1 Å². The molecule has 2 aromatic rings. The number of rotatable bonds is 6. The number of nitrogens with zero attached hydrogens (tertiary/aromatic N) is 4. The van der Waals surface area contributed by atoms with Crippen LogP contribution in [0.2, 0.25) is 0 Å². The highest BCUT2D eigenvalue weighted by atomic mass is 16.5. The second kappa shape index (κ2) is 8.70. The number of nitrogens with one attached hydrogen (secondary N) is 1. The average molecular weight is 369 g/mol. The molecule has 1 saturated heterocycles. The van der Waals surface area contributed by atoms with Crippen LogP contribution >= 0.6 is 0 Å². The van der Waals surface area contributed by atoms with Gasteiger partial charge in [-0.1, -0.05) is 19.1 Å². The van der Waals surface area contributed by atoms with E-state index < -0.39 is 0 Å². The third-order valence-corrected chi connectivity index (χ3v) is 4.90. The number of amides is 1. The van der Waals surface area contributed by atoms with E-state index >= 15 is 0 Å². The predicted molar refractivity (Wildman–Crippen MR) is 107 cm³/mol. The van der Waals surface area contributed by atoms with Gasteiger partial charge in [-0.3, -0.25) is 4.79 Å². The third kappa shape index (κ3) is 4.48. The maximum Gasteiger partial charge on any atom is 0.272 e. The van der Waals surface area contributed by atoms with Gasteiger partial charge in [0.2, 0.25) is 0 Å². The van der Waals surface area contributed by atoms with Crippen LogP contribution in [-0.4, -0.2) is 55.4 Å². The van der Waals surface area contributed by atoms with E-state index in [2.05, 4.69) is 31.4 Å². The molecule has 27 heavy (non-hydrogen) atoms. The number of anilines is 2. The smallest absolute Gasteiger partial charge is 0.272 e. The zero-order valence-electron chi connectivity index (χ0n) is 16.2. The van der Waals surface area contributed by atoms with Gasteiger partial charge in [-0.25, -0.2) is 0 Å². The molecule has 1 unspecified atom stereocenters. The summed E-state index contributed by atoms with van der Waals surface area (Å²) in [6.07, 6.45) is 0.883. The second-order valence-corrected chi connectivity index (χ2v) is 6.71. The molecule has 0 radical (unpaired) electrons. The van der Waals surface area contributed by atoms with E-state index in [1.165, 1.54) is 0 Å². The lowest BCUT2D eigenvalue weighted by Gasteiger charge is -2.37. The molecule has 3 rings (SSSR count). The maximum atomic E-state index is 12.1. The minimum Gasteiger partial charge on any atom is -0.495 e. The Labute approximate surface area is 160 Å². The zero-order chi connectivity index (χ0) is 19.2. The van der Waals surface area contributed by atoms with Gasteiger partial charge in [0.1, 0.15) is 5.75 Å². The Balaban J connectivity index is 1.60. The number of hydrogen-bond acceptors (Lipinski definition) is 6. The Morgan fingerprint density at radius 3 is 2.44 bits per heavy atom. The van der Waals surface area contributed by atoms with Crippen molar-refractivity contribution < 1.29 is 9.53 Å². The summed E-state index contributed by atoms with van der Waals surface area (Å²) in [6, 6.07) is 11.8. The van der Waals surface area contributed by atoms with Gasteiger partial charge < -0.3 is 19.9 Å². The molecule has 144 valence electrons. The zero-order valence-corrected chi connectivity index (χ0v) is 16.2. The SMILES string of the molecule is CCC(C)NC(=O)c1ccc(N2CCN(c3ccccc3OC)CC2)nn1. The van der Waals surface area contributed by atoms with E-state index in [4.69, 9.17) is 4.74 Å². The largest absolute Gasteiger partial charge is 0.495 e. The van der Waals surface area contributed by atoms with Crippen LogP contribution in [0.15, 0.2) is 36.4 Å². The molecule has 7 nitrogen and oxygen atoms in total. The van der Waals surface area contributed by atoms with Crippen molar-refractivity contribution in [3.63, 3.8) is 0 Å². The molecule has 0 bridgehead atoms. The molecule has 0 saturated carbocycles. The predicted octanol–water partition coefficient (Wildman–Crippen LogP) is 2.34. The van der Waals surface area contributed by atoms with Gasteiger partial charge in [0.05, 0.1) is 12.8 Å². The standard InChI is InChI=1S/C20H27N5O2/c1-4-15(2)21-20(26)16-9-10-19(23-22-16)25-13-11-24(12-14-25)17-7-5-6-8-18(17)27-3/h5-10,15H,4,11-14H2,1-3H3,(H,21,26). The van der Waals surface area contributed by atoms with Crippen molar-refractivity contribution in [1.82, 2.24) is 15.5 Å². The number of carbonyl (C=O) groups excluding carboxylic acids is 1. The quantitative estimate of drug-likeness (QED) is 0.843.